The van der Waals surface area contributed by atoms with Crippen molar-refractivity contribution in [1.82, 2.24) is 0 Å². The van der Waals surface area contributed by atoms with Crippen LogP contribution in [-0.2, 0) is 26.8 Å². The second-order valence-electron chi connectivity index (χ2n) is 10.2. The Morgan fingerprint density at radius 1 is 1.03 bits per heavy atom. The highest BCUT2D eigenvalue weighted by Gasteiger charge is 2.41. The Morgan fingerprint density at radius 2 is 1.71 bits per heavy atom. The smallest absolute Gasteiger partial charge is 0.331 e. The topological polar surface area (TPSA) is 66.4 Å². The third-order valence-corrected chi connectivity index (χ3v) is 6.83. The number of carboxylic acid groups (broad SMARTS) is 1. The Bertz CT molecular complexity index is 1010. The van der Waals surface area contributed by atoms with Gasteiger partial charge < -0.3 is 10.4 Å². The number of hydrogen-bond acceptors (Lipinski definition) is 2. The van der Waals surface area contributed by atoms with Crippen LogP contribution in [-0.4, -0.2) is 17.0 Å². The molecule has 0 fully saturated rings. The zero-order chi connectivity index (χ0) is 23.0. The number of nitrogens with one attached hydrogen (secondary N) is 1. The summed E-state index contributed by atoms with van der Waals surface area (Å²) in [6, 6.07) is 2.37. The molecule has 0 unspecified atom stereocenters. The van der Waals surface area contributed by atoms with E-state index in [1.807, 2.05) is 6.08 Å². The normalized spacial score (nSPS) is 21.0. The summed E-state index contributed by atoms with van der Waals surface area (Å²) in [6.45, 7) is 12.4. The van der Waals surface area contributed by atoms with Crippen LogP contribution < -0.4 is 5.32 Å². The van der Waals surface area contributed by atoms with Gasteiger partial charge in [0.15, 0.2) is 0 Å². The van der Waals surface area contributed by atoms with Crippen LogP contribution in [0.2, 0.25) is 0 Å². The minimum atomic E-state index is -0.906. The van der Waals surface area contributed by atoms with Crippen molar-refractivity contribution >= 4 is 23.1 Å². The van der Waals surface area contributed by atoms with Gasteiger partial charge in [0.1, 0.15) is 0 Å². The first-order chi connectivity index (χ1) is 14.4. The third-order valence-electron chi connectivity index (χ3n) is 6.83. The van der Waals surface area contributed by atoms with Crippen molar-refractivity contribution in [1.29, 1.82) is 0 Å². The molecule has 0 spiro atoms. The Morgan fingerprint density at radius 3 is 2.35 bits per heavy atom. The van der Waals surface area contributed by atoms with Gasteiger partial charge in [-0.05, 0) is 77.7 Å². The second-order valence-corrected chi connectivity index (χ2v) is 10.2. The lowest BCUT2D eigenvalue weighted by atomic mass is 9.61. The van der Waals surface area contributed by atoms with E-state index in [0.29, 0.717) is 5.57 Å². The average Bonchev–Trinajstić information content (AvgIpc) is 2.68. The van der Waals surface area contributed by atoms with E-state index in [9.17, 15) is 9.59 Å². The first-order valence-electron chi connectivity index (χ1n) is 11.2. The molecule has 0 aromatic heterocycles. The fourth-order valence-corrected chi connectivity index (χ4v) is 4.91. The van der Waals surface area contributed by atoms with Gasteiger partial charge in [-0.3, -0.25) is 4.79 Å². The number of carboxylic acids is 1. The number of aliphatic carboxylic acids is 1. The lowest BCUT2D eigenvalue weighted by Crippen LogP contribution is -2.36. The second kappa shape index (κ2) is 8.49. The molecule has 0 heterocycles. The number of hydrogen-bond donors (Lipinski definition) is 2. The number of allylic oxidation sites excluding steroid dienone is 5. The summed E-state index contributed by atoms with van der Waals surface area (Å²) in [5.74, 6) is -0.934. The monoisotopic (exact) mass is 421 g/mol. The molecule has 166 valence electrons. The molecule has 2 aliphatic carbocycles. The van der Waals surface area contributed by atoms with Crippen molar-refractivity contribution in [3.63, 3.8) is 0 Å². The minimum Gasteiger partial charge on any atom is -0.478 e. The average molecular weight is 422 g/mol. The molecular weight excluding hydrogens is 386 g/mol. The van der Waals surface area contributed by atoms with Crippen LogP contribution in [0.1, 0.15) is 89.5 Å². The molecule has 0 radical (unpaired) electrons. The lowest BCUT2D eigenvalue weighted by Gasteiger charge is -2.44. The van der Waals surface area contributed by atoms with Gasteiger partial charge in [-0.2, -0.15) is 0 Å². The minimum absolute atomic E-state index is 0.0120. The molecule has 4 nitrogen and oxygen atoms in total. The molecule has 2 aliphatic rings. The van der Waals surface area contributed by atoms with Crippen LogP contribution in [0, 0.1) is 0 Å². The first kappa shape index (κ1) is 23.1. The summed E-state index contributed by atoms with van der Waals surface area (Å²) >= 11 is 0. The van der Waals surface area contributed by atoms with Crippen LogP contribution in [0.5, 0.6) is 0 Å². The Kier molecular flexibility index (Phi) is 6.31. The fourth-order valence-electron chi connectivity index (χ4n) is 4.91. The van der Waals surface area contributed by atoms with Crippen molar-refractivity contribution in [2.24, 2.45) is 0 Å². The number of amides is 1. The maximum Gasteiger partial charge on any atom is 0.331 e. The van der Waals surface area contributed by atoms with E-state index in [1.54, 1.807) is 26.0 Å². The Balaban J connectivity index is 2.19. The summed E-state index contributed by atoms with van der Waals surface area (Å²) in [5, 5.41) is 12.2. The van der Waals surface area contributed by atoms with Gasteiger partial charge in [-0.25, -0.2) is 4.79 Å². The molecule has 0 saturated heterocycles. The predicted octanol–water partition coefficient (Wildman–Crippen LogP) is 6.30. The molecule has 0 atom stereocenters. The molecule has 0 saturated carbocycles. The van der Waals surface area contributed by atoms with Crippen LogP contribution in [0.25, 0.3) is 5.57 Å². The van der Waals surface area contributed by atoms with E-state index >= 15 is 0 Å². The number of rotatable bonds is 4. The van der Waals surface area contributed by atoms with Gasteiger partial charge in [0, 0.05) is 18.2 Å². The maximum atomic E-state index is 12.2. The van der Waals surface area contributed by atoms with Crippen molar-refractivity contribution in [3.8, 4) is 0 Å². The fraction of sp³-hybridized carbons (Fsp3) is 0.481. The van der Waals surface area contributed by atoms with Crippen LogP contribution in [0.15, 0.2) is 35.9 Å². The van der Waals surface area contributed by atoms with Crippen molar-refractivity contribution in [2.45, 2.75) is 84.5 Å². The van der Waals surface area contributed by atoms with Crippen LogP contribution >= 0.6 is 0 Å². The predicted molar refractivity (Wildman–Crippen MR) is 127 cm³/mol. The molecule has 0 bridgehead atoms. The zero-order valence-electron chi connectivity index (χ0n) is 19.7. The molecule has 3 rings (SSSR count). The molecule has 1 aromatic rings. The molecule has 2 N–H and O–H groups in total. The van der Waals surface area contributed by atoms with Crippen LogP contribution in [0.4, 0.5) is 5.69 Å². The van der Waals surface area contributed by atoms with Gasteiger partial charge in [-0.15, -0.1) is 0 Å². The first-order valence-corrected chi connectivity index (χ1v) is 11.2. The number of carbonyl (C=O) groups is 2. The summed E-state index contributed by atoms with van der Waals surface area (Å²) in [6.07, 6.45) is 12.6. The van der Waals surface area contributed by atoms with E-state index < -0.39 is 5.97 Å². The van der Waals surface area contributed by atoms with Gasteiger partial charge in [-0.1, -0.05) is 58.1 Å². The highest BCUT2D eigenvalue weighted by molar-refractivity contribution is 5.93. The Labute approximate surface area is 186 Å². The number of fused-ring (bicyclic) bond motifs is 2. The Hall–Kier alpha value is -2.62. The number of anilines is 1. The highest BCUT2D eigenvalue weighted by Crippen LogP contribution is 2.52. The van der Waals surface area contributed by atoms with Gasteiger partial charge in [0.2, 0.25) is 5.91 Å². The number of carbonyl (C=O) groups excluding carboxylic acids is 1. The van der Waals surface area contributed by atoms with Gasteiger partial charge >= 0.3 is 5.97 Å². The van der Waals surface area contributed by atoms with E-state index in [4.69, 9.17) is 5.11 Å². The zero-order valence-corrected chi connectivity index (χ0v) is 19.7. The van der Waals surface area contributed by atoms with Gasteiger partial charge in [0.05, 0.1) is 0 Å². The lowest BCUT2D eigenvalue weighted by molar-refractivity contribution is -0.132. The third kappa shape index (κ3) is 4.68. The maximum absolute atomic E-state index is 12.2. The standard InChI is InChI=1S/C27H35NO3/c1-17(25(30)31)10-7-8-11-19-12-9-13-20-21(19)16-22-23(24(20)28-18(2)29)27(5,6)15-14-26(22,3)4/h7-8,10-11,16H,9,12-15H2,1-6H3,(H,28,29)(H,30,31). The molecular formula is C27H35NO3. The molecule has 0 aliphatic heterocycles. The van der Waals surface area contributed by atoms with E-state index in [0.717, 1.165) is 37.8 Å². The van der Waals surface area contributed by atoms with E-state index in [2.05, 4.69) is 45.2 Å². The molecule has 1 amide bonds. The van der Waals surface area contributed by atoms with Crippen molar-refractivity contribution in [2.75, 3.05) is 5.32 Å². The summed E-state index contributed by atoms with van der Waals surface area (Å²) in [5.41, 5.74) is 7.74. The number of benzene rings is 1. The quantitative estimate of drug-likeness (QED) is 0.443. The summed E-state index contributed by atoms with van der Waals surface area (Å²) < 4.78 is 0. The van der Waals surface area contributed by atoms with Crippen molar-refractivity contribution in [3.05, 3.63) is 58.2 Å². The highest BCUT2D eigenvalue weighted by atomic mass is 16.4. The van der Waals surface area contributed by atoms with E-state index in [-0.39, 0.29) is 16.7 Å². The van der Waals surface area contributed by atoms with Crippen LogP contribution in [0.3, 0.4) is 0 Å². The molecule has 1 aromatic carbocycles. The summed E-state index contributed by atoms with van der Waals surface area (Å²) in [7, 11) is 0. The van der Waals surface area contributed by atoms with Crippen molar-refractivity contribution < 1.29 is 14.7 Å². The molecule has 4 heteroatoms. The molecule has 31 heavy (non-hydrogen) atoms. The largest absolute Gasteiger partial charge is 0.478 e. The van der Waals surface area contributed by atoms with Gasteiger partial charge in [0.25, 0.3) is 0 Å². The van der Waals surface area contributed by atoms with E-state index in [1.165, 1.54) is 27.8 Å². The summed E-state index contributed by atoms with van der Waals surface area (Å²) in [4.78, 5) is 23.2. The SMILES string of the molecule is CC(=O)Nc1c2c(cc3c1C(C)(C)CCC3(C)C)C(=CC=CC=C(C)C(=O)O)CCC2.